The lowest BCUT2D eigenvalue weighted by Gasteiger charge is -2.32. The van der Waals surface area contributed by atoms with Gasteiger partial charge in [-0.1, -0.05) is 24.3 Å². The third-order valence-electron chi connectivity index (χ3n) is 4.92. The number of amides is 2. The first-order valence-electron chi connectivity index (χ1n) is 10.1. The molecule has 34 heavy (non-hydrogen) atoms. The van der Waals surface area contributed by atoms with Gasteiger partial charge in [-0.2, -0.15) is 0 Å². The normalized spacial score (nSPS) is 18.4. The van der Waals surface area contributed by atoms with Gasteiger partial charge in [0.05, 0.1) is 17.0 Å². The molecule has 1 aliphatic rings. The number of benzene rings is 1. The highest BCUT2D eigenvalue weighted by Gasteiger charge is 2.30. The monoisotopic (exact) mass is 497 g/mol. The Morgan fingerprint density at radius 1 is 1.24 bits per heavy atom. The van der Waals surface area contributed by atoms with E-state index in [2.05, 4.69) is 10.6 Å². The molecule has 14 heteroatoms. The summed E-state index contributed by atoms with van der Waals surface area (Å²) in [6, 6.07) is 2.05. The van der Waals surface area contributed by atoms with Crippen LogP contribution < -0.4 is 21.6 Å². The molecule has 0 heterocycles. The van der Waals surface area contributed by atoms with Crippen molar-refractivity contribution in [1.29, 1.82) is 0 Å². The Balaban J connectivity index is 2.09. The topological polar surface area (TPSA) is 226 Å². The zero-order chi connectivity index (χ0) is 25.4. The molecule has 0 bridgehead atoms. The number of carbonyl (C=O) groups excluding carboxylic acids is 2. The summed E-state index contributed by atoms with van der Waals surface area (Å²) in [5, 5.41) is 52.7. The summed E-state index contributed by atoms with van der Waals surface area (Å²) >= 11 is 1.05. The number of carboxylic acids is 2. The summed E-state index contributed by atoms with van der Waals surface area (Å²) in [7, 11) is 0. The highest BCUT2D eigenvalue weighted by Crippen LogP contribution is 2.39. The van der Waals surface area contributed by atoms with Crippen molar-refractivity contribution in [2.24, 2.45) is 5.73 Å². The average Bonchev–Trinajstić information content (AvgIpc) is 2.78. The van der Waals surface area contributed by atoms with Crippen molar-refractivity contribution in [3.05, 3.63) is 40.6 Å². The molecular weight excluding hydrogens is 472 g/mol. The van der Waals surface area contributed by atoms with E-state index in [1.54, 1.807) is 18.2 Å². The van der Waals surface area contributed by atoms with Crippen LogP contribution in [-0.2, 0) is 19.2 Å². The summed E-state index contributed by atoms with van der Waals surface area (Å²) in [4.78, 5) is 46.2. The van der Waals surface area contributed by atoms with Gasteiger partial charge in [-0.25, -0.2) is 0 Å². The van der Waals surface area contributed by atoms with E-state index in [1.165, 1.54) is 12.1 Å². The molecule has 2 amide bonds. The summed E-state index contributed by atoms with van der Waals surface area (Å²) in [5.74, 6) is -4.12. The van der Waals surface area contributed by atoms with Crippen LogP contribution in [0.1, 0.15) is 30.1 Å². The first-order valence-corrected chi connectivity index (χ1v) is 11.1. The van der Waals surface area contributed by atoms with Crippen molar-refractivity contribution in [2.75, 3.05) is 17.5 Å². The quantitative estimate of drug-likeness (QED) is 0.180. The number of anilines is 1. The molecule has 13 nitrogen and oxygen atoms in total. The van der Waals surface area contributed by atoms with Crippen molar-refractivity contribution in [1.82, 2.24) is 10.6 Å². The highest BCUT2D eigenvalue weighted by atomic mass is 32.2. The second-order valence-electron chi connectivity index (χ2n) is 7.37. The van der Waals surface area contributed by atoms with E-state index in [4.69, 9.17) is 15.9 Å². The van der Waals surface area contributed by atoms with Crippen LogP contribution in [0, 0.1) is 5.21 Å². The van der Waals surface area contributed by atoms with E-state index in [0.717, 1.165) is 11.8 Å². The minimum Gasteiger partial charge on any atom is -0.733 e. The summed E-state index contributed by atoms with van der Waals surface area (Å²) in [5.41, 5.74) is 5.95. The first kappa shape index (κ1) is 27.1. The van der Waals surface area contributed by atoms with Crippen LogP contribution in [0.25, 0.3) is 6.08 Å². The molecule has 0 saturated carbocycles. The molecule has 2 unspecified atom stereocenters. The lowest BCUT2D eigenvalue weighted by molar-refractivity contribution is -0.139. The predicted molar refractivity (Wildman–Crippen MR) is 122 cm³/mol. The van der Waals surface area contributed by atoms with Crippen molar-refractivity contribution in [2.45, 2.75) is 36.3 Å². The van der Waals surface area contributed by atoms with Crippen molar-refractivity contribution >= 4 is 47.3 Å². The number of aliphatic carboxylic acids is 2. The van der Waals surface area contributed by atoms with Gasteiger partial charge in [-0.15, -0.1) is 11.8 Å². The van der Waals surface area contributed by atoms with Gasteiger partial charge in [0.2, 0.25) is 11.8 Å². The predicted octanol–water partition coefficient (Wildman–Crippen LogP) is -0.580. The van der Waals surface area contributed by atoms with E-state index < -0.39 is 53.7 Å². The molecule has 0 spiro atoms. The van der Waals surface area contributed by atoms with E-state index in [1.807, 2.05) is 0 Å². The smallest absolute Gasteiger partial charge is 0.322 e. The van der Waals surface area contributed by atoms with E-state index in [-0.39, 0.29) is 35.1 Å². The van der Waals surface area contributed by atoms with Crippen molar-refractivity contribution < 1.29 is 39.7 Å². The van der Waals surface area contributed by atoms with Crippen LogP contribution >= 0.6 is 11.8 Å². The molecule has 0 saturated heterocycles. The Morgan fingerprint density at radius 3 is 2.56 bits per heavy atom. The van der Waals surface area contributed by atoms with Gasteiger partial charge < -0.3 is 42.1 Å². The minimum absolute atomic E-state index is 0.0913. The van der Waals surface area contributed by atoms with Crippen molar-refractivity contribution in [3.8, 4) is 0 Å². The van der Waals surface area contributed by atoms with Gasteiger partial charge in [0.25, 0.3) is 0 Å². The number of rotatable bonds is 12. The number of aliphatic hydroxyl groups excluding tert-OH is 1. The number of thioether (sulfide) groups is 1. The number of carboxylic acid groups (broad SMARTS) is 2. The van der Waals surface area contributed by atoms with Crippen LogP contribution in [0.2, 0.25) is 0 Å². The van der Waals surface area contributed by atoms with Gasteiger partial charge >= 0.3 is 11.9 Å². The van der Waals surface area contributed by atoms with Gasteiger partial charge in [0, 0.05) is 17.7 Å². The average molecular weight is 498 g/mol. The Hall–Kier alpha value is -3.17. The number of aliphatic hydroxyl groups is 1. The number of carbonyl (C=O) groups is 4. The van der Waals surface area contributed by atoms with Gasteiger partial charge in [0.1, 0.15) is 18.6 Å². The molecule has 0 aromatic heterocycles. The molecule has 8 N–H and O–H groups in total. The molecule has 4 atom stereocenters. The summed E-state index contributed by atoms with van der Waals surface area (Å²) < 4.78 is 0. The SMILES string of the molecule is N[C@@H](CCC(=O)N[C@@H](CSC1C=Cc2cccc(N([O-])O)c2C1O)C(=O)NCC(=O)O)C(=O)O. The van der Waals surface area contributed by atoms with E-state index >= 15 is 0 Å². The second kappa shape index (κ2) is 12.3. The molecule has 2 rings (SSSR count). The fourth-order valence-corrected chi connectivity index (χ4v) is 4.33. The zero-order valence-corrected chi connectivity index (χ0v) is 18.6. The molecule has 1 aromatic rings. The first-order chi connectivity index (χ1) is 16.0. The largest absolute Gasteiger partial charge is 0.733 e. The van der Waals surface area contributed by atoms with Crippen LogP contribution in [0.3, 0.4) is 0 Å². The number of nitrogens with one attached hydrogen (secondary N) is 2. The Bertz CT molecular complexity index is 956. The van der Waals surface area contributed by atoms with Crippen LogP contribution in [0.15, 0.2) is 24.3 Å². The Labute approximate surface area is 198 Å². The van der Waals surface area contributed by atoms with Crippen LogP contribution in [0.4, 0.5) is 5.69 Å². The number of hydrogen-bond donors (Lipinski definition) is 7. The fourth-order valence-electron chi connectivity index (χ4n) is 3.17. The van der Waals surface area contributed by atoms with E-state index in [0.29, 0.717) is 5.56 Å². The Kier molecular flexibility index (Phi) is 9.83. The maximum atomic E-state index is 12.4. The lowest BCUT2D eigenvalue weighted by Crippen LogP contribution is -2.49. The molecule has 0 radical (unpaired) electrons. The molecule has 186 valence electrons. The highest BCUT2D eigenvalue weighted by molar-refractivity contribution is 8.00. The fraction of sp³-hybridized carbons (Fsp3) is 0.400. The maximum absolute atomic E-state index is 12.4. The molecule has 1 aromatic carbocycles. The standard InChI is InChI=1S/C20H25N4O9S/c21-11(20(30)31)5-7-15(25)23-12(19(29)22-8-16(26)27)9-34-14-6-4-10-2-1-3-13(24(32)33)17(10)18(14)28/h1-4,6,11-12,14,18,28,32H,5,7-9,21H2,(H,22,29)(H,23,25)(H,26,27)(H,30,31)/q-1/t11-,12-,14?,18?/m0/s1. The lowest BCUT2D eigenvalue weighted by atomic mass is 9.93. The molecule has 0 fully saturated rings. The van der Waals surface area contributed by atoms with Crippen LogP contribution in [-0.4, -0.2) is 73.9 Å². The number of nitrogens with zero attached hydrogens (tertiary/aromatic N) is 1. The third-order valence-corrected chi connectivity index (χ3v) is 6.24. The number of hydrogen-bond acceptors (Lipinski definition) is 10. The molecular formula is C20H25N4O9S-. The Morgan fingerprint density at radius 2 is 1.94 bits per heavy atom. The molecule has 1 aliphatic carbocycles. The van der Waals surface area contributed by atoms with Gasteiger partial charge in [-0.05, 0) is 18.1 Å². The second-order valence-corrected chi connectivity index (χ2v) is 8.58. The van der Waals surface area contributed by atoms with Crippen molar-refractivity contribution in [3.63, 3.8) is 0 Å². The number of nitrogens with two attached hydrogens (primary N) is 1. The third kappa shape index (κ3) is 7.43. The minimum atomic E-state index is -1.29. The maximum Gasteiger partial charge on any atom is 0.322 e. The summed E-state index contributed by atoms with van der Waals surface area (Å²) in [6.45, 7) is -0.682. The number of fused-ring (bicyclic) bond motifs is 1. The zero-order valence-electron chi connectivity index (χ0n) is 17.8. The van der Waals surface area contributed by atoms with Gasteiger partial charge in [-0.3, -0.25) is 24.4 Å². The van der Waals surface area contributed by atoms with E-state index in [9.17, 15) is 34.7 Å². The van der Waals surface area contributed by atoms with Crippen LogP contribution in [0.5, 0.6) is 0 Å². The van der Waals surface area contributed by atoms with Gasteiger partial charge in [0.15, 0.2) is 0 Å². The summed E-state index contributed by atoms with van der Waals surface area (Å²) in [6.07, 6.45) is 1.59. The molecule has 0 aliphatic heterocycles.